The van der Waals surface area contributed by atoms with Gasteiger partial charge in [-0.25, -0.2) is 4.99 Å². The summed E-state index contributed by atoms with van der Waals surface area (Å²) in [6.45, 7) is 2.66. The van der Waals surface area contributed by atoms with E-state index in [1.165, 1.54) is 0 Å². The molecule has 0 fully saturated rings. The van der Waals surface area contributed by atoms with E-state index >= 15 is 0 Å². The van der Waals surface area contributed by atoms with E-state index in [1.807, 2.05) is 79.7 Å². The van der Waals surface area contributed by atoms with Crippen LogP contribution in [0.4, 0.5) is 5.69 Å². The van der Waals surface area contributed by atoms with Crippen LogP contribution in [-0.4, -0.2) is 48.3 Å². The first-order valence-corrected chi connectivity index (χ1v) is 14.7. The number of ether oxygens (including phenoxy) is 2. The molecule has 1 aliphatic heterocycles. The van der Waals surface area contributed by atoms with Gasteiger partial charge in [0.1, 0.15) is 11.9 Å². The summed E-state index contributed by atoms with van der Waals surface area (Å²) < 4.78 is 11.9. The van der Waals surface area contributed by atoms with Gasteiger partial charge < -0.3 is 19.9 Å². The third-order valence-corrected chi connectivity index (χ3v) is 7.80. The summed E-state index contributed by atoms with van der Waals surface area (Å²) in [5.74, 6) is 0.650. The number of aliphatic hydroxyl groups excluding tert-OH is 1. The highest BCUT2D eigenvalue weighted by molar-refractivity contribution is 6.01. The number of nitrogens with zero attached hydrogens (tertiary/aromatic N) is 4. The summed E-state index contributed by atoms with van der Waals surface area (Å²) in [5.41, 5.74) is 11.9. The zero-order valence-electron chi connectivity index (χ0n) is 24.5. The molecule has 2 atom stereocenters. The average molecular weight is 590 g/mol. The first-order valence-electron chi connectivity index (χ1n) is 14.7. The molecule has 0 aromatic heterocycles. The van der Waals surface area contributed by atoms with Gasteiger partial charge in [0, 0.05) is 48.1 Å². The van der Waals surface area contributed by atoms with Gasteiger partial charge in [-0.05, 0) is 53.4 Å². The number of azide groups is 1. The SMILES string of the molecule is C[C@H]1OC(c2ccc(OCCCO)cc2)=N[C@@]1(Cc1ccccc1N=[N+]=[N-])C(=O)NCC(c1ccccc1)c1ccccc1. The Labute approximate surface area is 256 Å². The highest BCUT2D eigenvalue weighted by Crippen LogP contribution is 2.36. The van der Waals surface area contributed by atoms with Crippen LogP contribution < -0.4 is 10.1 Å². The number of carbonyl (C=O) groups is 1. The largest absolute Gasteiger partial charge is 0.494 e. The second-order valence-corrected chi connectivity index (χ2v) is 10.6. The van der Waals surface area contributed by atoms with Gasteiger partial charge in [0.15, 0.2) is 5.54 Å². The van der Waals surface area contributed by atoms with Gasteiger partial charge in [-0.3, -0.25) is 4.79 Å². The molecule has 0 unspecified atom stereocenters. The van der Waals surface area contributed by atoms with E-state index in [4.69, 9.17) is 19.6 Å². The van der Waals surface area contributed by atoms with Crippen LogP contribution in [0.5, 0.6) is 5.75 Å². The first kappa shape index (κ1) is 30.4. The highest BCUT2D eigenvalue weighted by Gasteiger charge is 2.50. The fraction of sp³-hybridized carbons (Fsp3) is 0.257. The topological polar surface area (TPSA) is 129 Å². The summed E-state index contributed by atoms with van der Waals surface area (Å²) in [5, 5.41) is 16.1. The van der Waals surface area contributed by atoms with Crippen LogP contribution in [0.15, 0.2) is 119 Å². The Hall–Kier alpha value is -5.11. The number of amides is 1. The van der Waals surface area contributed by atoms with Crippen LogP contribution in [-0.2, 0) is 16.0 Å². The van der Waals surface area contributed by atoms with Gasteiger partial charge >= 0.3 is 0 Å². The first-order chi connectivity index (χ1) is 21.5. The minimum absolute atomic E-state index is 0.0605. The Morgan fingerprint density at radius 1 is 1.00 bits per heavy atom. The van der Waals surface area contributed by atoms with Crippen molar-refractivity contribution >= 4 is 17.5 Å². The Balaban J connectivity index is 1.48. The molecule has 1 heterocycles. The molecule has 0 aliphatic carbocycles. The summed E-state index contributed by atoms with van der Waals surface area (Å²) >= 11 is 0. The number of benzene rings is 4. The van der Waals surface area contributed by atoms with Gasteiger partial charge in [0.05, 0.1) is 6.61 Å². The number of aliphatic imine (C=N–C) groups is 1. The van der Waals surface area contributed by atoms with E-state index in [-0.39, 0.29) is 24.9 Å². The molecule has 0 bridgehead atoms. The molecule has 0 saturated carbocycles. The summed E-state index contributed by atoms with van der Waals surface area (Å²) in [4.78, 5) is 22.3. The Bertz CT molecular complexity index is 1580. The van der Waals surface area contributed by atoms with E-state index in [1.54, 1.807) is 12.1 Å². The molecule has 1 aliphatic rings. The van der Waals surface area contributed by atoms with Gasteiger partial charge in [0.2, 0.25) is 5.90 Å². The van der Waals surface area contributed by atoms with Crippen LogP contribution in [0.3, 0.4) is 0 Å². The Kier molecular flexibility index (Phi) is 9.92. The lowest BCUT2D eigenvalue weighted by Gasteiger charge is -2.30. The van der Waals surface area contributed by atoms with E-state index in [9.17, 15) is 10.3 Å². The van der Waals surface area contributed by atoms with Crippen LogP contribution >= 0.6 is 0 Å². The van der Waals surface area contributed by atoms with Crippen molar-refractivity contribution in [3.05, 3.63) is 142 Å². The molecule has 44 heavy (non-hydrogen) atoms. The van der Waals surface area contributed by atoms with Crippen LogP contribution in [0.2, 0.25) is 0 Å². The third-order valence-electron chi connectivity index (χ3n) is 7.80. The van der Waals surface area contributed by atoms with E-state index in [0.717, 1.165) is 11.1 Å². The summed E-state index contributed by atoms with van der Waals surface area (Å²) in [6.07, 6.45) is 0.0889. The van der Waals surface area contributed by atoms with Crippen molar-refractivity contribution in [1.29, 1.82) is 0 Å². The van der Waals surface area contributed by atoms with Gasteiger partial charge in [-0.2, -0.15) is 0 Å². The number of nitrogens with one attached hydrogen (secondary N) is 1. The molecule has 9 nitrogen and oxygen atoms in total. The minimum atomic E-state index is -1.33. The second kappa shape index (κ2) is 14.4. The minimum Gasteiger partial charge on any atom is -0.494 e. The Morgan fingerprint density at radius 3 is 2.27 bits per heavy atom. The molecule has 2 N–H and O–H groups in total. The summed E-state index contributed by atoms with van der Waals surface area (Å²) in [6, 6.07) is 34.7. The lowest BCUT2D eigenvalue weighted by molar-refractivity contribution is -0.128. The third kappa shape index (κ3) is 6.92. The van der Waals surface area contributed by atoms with Crippen molar-refractivity contribution in [2.45, 2.75) is 37.3 Å². The predicted octanol–water partition coefficient (Wildman–Crippen LogP) is 6.48. The normalized spacial score (nSPS) is 17.3. The van der Waals surface area contributed by atoms with Crippen molar-refractivity contribution in [3.8, 4) is 5.75 Å². The zero-order chi connectivity index (χ0) is 30.8. The van der Waals surface area contributed by atoms with Crippen molar-refractivity contribution in [2.75, 3.05) is 19.8 Å². The molecule has 4 aromatic carbocycles. The maximum absolute atomic E-state index is 14.4. The summed E-state index contributed by atoms with van der Waals surface area (Å²) in [7, 11) is 0. The van der Waals surface area contributed by atoms with E-state index in [2.05, 4.69) is 39.6 Å². The monoisotopic (exact) mass is 589 g/mol. The van der Waals surface area contributed by atoms with E-state index < -0.39 is 11.6 Å². The average Bonchev–Trinajstić information content (AvgIpc) is 3.40. The number of rotatable bonds is 13. The standard InChI is InChI=1S/C35H35N5O4/c1-25-35(23-29-15-8-9-16-32(29)39-40-36,38-33(44-25)28-17-19-30(20-18-28)43-22-10-21-41)34(42)37-24-31(26-11-4-2-5-12-26)27-13-6-3-7-14-27/h2-9,11-20,25,31,41H,10,21-24H2,1H3,(H,37,42)/t25-,35-/m1/s1. The smallest absolute Gasteiger partial charge is 0.252 e. The fourth-order valence-corrected chi connectivity index (χ4v) is 5.39. The number of hydrogen-bond donors (Lipinski definition) is 2. The number of carbonyl (C=O) groups excluding carboxylic acids is 1. The number of aliphatic hydroxyl groups is 1. The zero-order valence-corrected chi connectivity index (χ0v) is 24.5. The van der Waals surface area contributed by atoms with Crippen molar-refractivity contribution in [1.82, 2.24) is 5.32 Å². The lowest BCUT2D eigenvalue weighted by Crippen LogP contribution is -2.53. The van der Waals surface area contributed by atoms with Crippen LogP contribution in [0, 0.1) is 0 Å². The highest BCUT2D eigenvalue weighted by atomic mass is 16.5. The molecular weight excluding hydrogens is 554 g/mol. The van der Waals surface area contributed by atoms with Crippen molar-refractivity contribution in [2.24, 2.45) is 10.1 Å². The molecule has 224 valence electrons. The van der Waals surface area contributed by atoms with Crippen molar-refractivity contribution in [3.63, 3.8) is 0 Å². The van der Waals surface area contributed by atoms with Gasteiger partial charge in [-0.15, -0.1) is 0 Å². The molecule has 4 aromatic rings. The molecule has 5 rings (SSSR count). The van der Waals surface area contributed by atoms with Crippen LogP contribution in [0.25, 0.3) is 10.4 Å². The second-order valence-electron chi connectivity index (χ2n) is 10.6. The van der Waals surface area contributed by atoms with Gasteiger partial charge in [-0.1, -0.05) is 90.0 Å². The molecule has 0 radical (unpaired) electrons. The fourth-order valence-electron chi connectivity index (χ4n) is 5.39. The van der Waals surface area contributed by atoms with Gasteiger partial charge in [0.25, 0.3) is 5.91 Å². The molecule has 1 amide bonds. The predicted molar refractivity (Wildman–Crippen MR) is 170 cm³/mol. The maximum Gasteiger partial charge on any atom is 0.252 e. The van der Waals surface area contributed by atoms with Crippen molar-refractivity contribution < 1.29 is 19.4 Å². The van der Waals surface area contributed by atoms with Crippen LogP contribution in [0.1, 0.15) is 41.5 Å². The Morgan fingerprint density at radius 2 is 1.64 bits per heavy atom. The maximum atomic E-state index is 14.4. The quantitative estimate of drug-likeness (QED) is 0.0800. The molecule has 9 heteroatoms. The lowest BCUT2D eigenvalue weighted by atomic mass is 9.84. The number of hydrogen-bond acceptors (Lipinski definition) is 6. The molecule has 0 spiro atoms. The molecular formula is C35H35N5O4. The van der Waals surface area contributed by atoms with E-state index in [0.29, 0.717) is 48.0 Å². The molecule has 0 saturated heterocycles.